The number of anilines is 1. The van der Waals surface area contributed by atoms with Crippen LogP contribution in [0.15, 0.2) is 66.7 Å². The third-order valence-electron chi connectivity index (χ3n) is 8.89. The van der Waals surface area contributed by atoms with Crippen LogP contribution < -0.4 is 16.0 Å². The number of benzene rings is 3. The summed E-state index contributed by atoms with van der Waals surface area (Å²) in [7, 11) is 1.35. The molecule has 51 heavy (non-hydrogen) atoms. The number of tetrazole rings is 1. The Morgan fingerprint density at radius 3 is 2.22 bits per heavy atom. The normalized spacial score (nSPS) is 16.4. The average Bonchev–Trinajstić information content (AvgIpc) is 3.65. The third-order valence-corrected chi connectivity index (χ3v) is 8.89. The first kappa shape index (κ1) is 36.7. The zero-order valence-electron chi connectivity index (χ0n) is 29.6. The number of rotatable bonds is 11. The van der Waals surface area contributed by atoms with Gasteiger partial charge in [-0.05, 0) is 123 Å². The predicted octanol–water partition coefficient (Wildman–Crippen LogP) is 5.63. The van der Waals surface area contributed by atoms with Gasteiger partial charge in [0.15, 0.2) is 0 Å². The minimum absolute atomic E-state index is 0.168. The minimum Gasteiger partial charge on any atom is -0.465 e. The second-order valence-electron chi connectivity index (χ2n) is 13.9. The molecule has 13 nitrogen and oxygen atoms in total. The zero-order chi connectivity index (χ0) is 36.5. The average molecular weight is 696 g/mol. The highest BCUT2D eigenvalue weighted by molar-refractivity contribution is 5.98. The molecule has 3 aromatic carbocycles. The van der Waals surface area contributed by atoms with Gasteiger partial charge in [-0.1, -0.05) is 30.3 Å². The lowest BCUT2D eigenvalue weighted by Crippen LogP contribution is -2.48. The Balaban J connectivity index is 1.25. The van der Waals surface area contributed by atoms with Crippen LogP contribution in [0, 0.1) is 18.8 Å². The van der Waals surface area contributed by atoms with Gasteiger partial charge in [-0.25, -0.2) is 9.59 Å². The molecule has 1 atom stereocenters. The second kappa shape index (κ2) is 16.4. The van der Waals surface area contributed by atoms with Crippen LogP contribution in [-0.2, 0) is 25.5 Å². The first-order chi connectivity index (χ1) is 24.4. The van der Waals surface area contributed by atoms with E-state index in [0.717, 1.165) is 40.7 Å². The number of methoxy groups -OCH3 is 1. The van der Waals surface area contributed by atoms with Crippen molar-refractivity contribution in [1.29, 1.82) is 0 Å². The van der Waals surface area contributed by atoms with Crippen LogP contribution in [0.3, 0.4) is 0 Å². The number of carbonyl (C=O) groups excluding carboxylic acids is 4. The fourth-order valence-corrected chi connectivity index (χ4v) is 6.17. The molecule has 1 aliphatic carbocycles. The molecule has 1 aliphatic rings. The molecule has 0 saturated heterocycles. The molecule has 1 fully saturated rings. The van der Waals surface area contributed by atoms with Crippen molar-refractivity contribution in [3.63, 3.8) is 0 Å². The van der Waals surface area contributed by atoms with Crippen molar-refractivity contribution >= 4 is 29.6 Å². The Morgan fingerprint density at radius 2 is 1.61 bits per heavy atom. The third kappa shape index (κ3) is 10.2. The maximum atomic E-state index is 13.7. The lowest BCUT2D eigenvalue weighted by Gasteiger charge is -2.29. The molecule has 1 saturated carbocycles. The van der Waals surface area contributed by atoms with Crippen molar-refractivity contribution in [2.75, 3.05) is 19.0 Å². The lowest BCUT2D eigenvalue weighted by molar-refractivity contribution is -0.130. The number of nitrogens with one attached hydrogen (secondary N) is 4. The highest BCUT2D eigenvalue weighted by atomic mass is 16.6. The van der Waals surface area contributed by atoms with E-state index < -0.39 is 23.7 Å². The summed E-state index contributed by atoms with van der Waals surface area (Å²) >= 11 is 0. The smallest absolute Gasteiger partial charge is 0.407 e. The molecule has 0 bridgehead atoms. The number of hydrogen-bond donors (Lipinski definition) is 4. The van der Waals surface area contributed by atoms with Gasteiger partial charge in [0.2, 0.25) is 17.6 Å². The highest BCUT2D eigenvalue weighted by Crippen LogP contribution is 2.29. The summed E-state index contributed by atoms with van der Waals surface area (Å²) in [6.07, 6.45) is 2.69. The first-order valence-corrected chi connectivity index (χ1v) is 17.1. The number of amides is 3. The van der Waals surface area contributed by atoms with Crippen LogP contribution in [0.25, 0.3) is 22.5 Å². The maximum Gasteiger partial charge on any atom is 0.407 e. The van der Waals surface area contributed by atoms with Crippen molar-refractivity contribution in [3.8, 4) is 22.5 Å². The summed E-state index contributed by atoms with van der Waals surface area (Å²) in [6.45, 7) is 7.89. The summed E-state index contributed by atoms with van der Waals surface area (Å²) in [4.78, 5) is 51.4. The van der Waals surface area contributed by atoms with Crippen molar-refractivity contribution in [3.05, 3.63) is 83.4 Å². The Hall–Kier alpha value is -5.59. The molecule has 0 radical (unpaired) electrons. The van der Waals surface area contributed by atoms with Crippen molar-refractivity contribution in [1.82, 2.24) is 31.3 Å². The van der Waals surface area contributed by atoms with E-state index in [4.69, 9.17) is 9.47 Å². The van der Waals surface area contributed by atoms with Gasteiger partial charge in [0.05, 0.1) is 12.7 Å². The molecule has 5 rings (SSSR count). The number of aromatic nitrogens is 4. The van der Waals surface area contributed by atoms with E-state index in [9.17, 15) is 19.2 Å². The van der Waals surface area contributed by atoms with E-state index in [-0.39, 0.29) is 30.1 Å². The number of carbonyl (C=O) groups is 4. The summed E-state index contributed by atoms with van der Waals surface area (Å²) < 4.78 is 10.2. The van der Waals surface area contributed by atoms with Gasteiger partial charge in [0.1, 0.15) is 11.6 Å². The number of H-pyrrole nitrogens is 1. The SMILES string of the molecule is COC(=O)c1ccc(-c2ccc(C[C@H](NC(=O)C3CCC(CNC(=O)OC(C)(C)C)CC3)C(=O)Nc3ccc(-c4nn[nH]n4)cc3)cc2)c(C)c1. The van der Waals surface area contributed by atoms with E-state index in [2.05, 4.69) is 36.6 Å². The van der Waals surface area contributed by atoms with E-state index in [0.29, 0.717) is 36.5 Å². The van der Waals surface area contributed by atoms with E-state index in [1.807, 2.05) is 58.0 Å². The van der Waals surface area contributed by atoms with E-state index in [1.54, 1.807) is 36.4 Å². The van der Waals surface area contributed by atoms with Crippen molar-refractivity contribution in [2.24, 2.45) is 11.8 Å². The van der Waals surface area contributed by atoms with Gasteiger partial charge in [-0.15, -0.1) is 10.2 Å². The van der Waals surface area contributed by atoms with Crippen molar-refractivity contribution < 1.29 is 28.7 Å². The summed E-state index contributed by atoms with van der Waals surface area (Å²) in [5, 5.41) is 22.8. The number of aromatic amines is 1. The minimum atomic E-state index is -0.840. The van der Waals surface area contributed by atoms with Crippen LogP contribution >= 0.6 is 0 Å². The van der Waals surface area contributed by atoms with Crippen LogP contribution in [0.5, 0.6) is 0 Å². The number of nitrogens with zero attached hydrogens (tertiary/aromatic N) is 3. The number of alkyl carbamates (subject to hydrolysis) is 1. The molecule has 0 unspecified atom stereocenters. The number of esters is 1. The molecule has 4 N–H and O–H groups in total. The summed E-state index contributed by atoms with van der Waals surface area (Å²) in [5.74, 6) is -0.465. The zero-order valence-corrected chi connectivity index (χ0v) is 29.6. The Morgan fingerprint density at radius 1 is 0.922 bits per heavy atom. The van der Waals surface area contributed by atoms with Gasteiger partial charge in [0, 0.05) is 30.1 Å². The number of aryl methyl sites for hydroxylation is 1. The molecular weight excluding hydrogens is 650 g/mol. The standard InChI is InChI=1S/C38H45N7O6/c1-23-20-29(36(48)50-5)16-19-31(23)26-10-6-24(7-11-26)21-32(35(47)40-30-17-14-27(15-18-30)33-42-44-45-43-33)41-34(46)28-12-8-25(9-13-28)22-39-37(49)51-38(2,3)4/h6-7,10-11,14-20,25,28,32H,8-9,12-13,21-22H2,1-5H3,(H,39,49)(H,40,47)(H,41,46)(H,42,43,44,45)/t25?,28?,32-/m0/s1. The van der Waals surface area contributed by atoms with Crippen molar-refractivity contribution in [2.45, 2.75) is 71.4 Å². The molecule has 268 valence electrons. The molecule has 1 aromatic heterocycles. The molecule has 1 heterocycles. The van der Waals surface area contributed by atoms with E-state index >= 15 is 0 Å². The number of ether oxygens (including phenoxy) is 2. The Kier molecular flexibility index (Phi) is 11.8. The predicted molar refractivity (Wildman–Crippen MR) is 192 cm³/mol. The molecule has 13 heteroatoms. The topological polar surface area (TPSA) is 177 Å². The van der Waals surface area contributed by atoms with Gasteiger partial charge < -0.3 is 25.4 Å². The summed E-state index contributed by atoms with van der Waals surface area (Å²) in [6, 6.07) is 19.5. The summed E-state index contributed by atoms with van der Waals surface area (Å²) in [5.41, 5.74) is 4.93. The van der Waals surface area contributed by atoms with E-state index in [1.165, 1.54) is 7.11 Å². The Labute approximate surface area is 297 Å². The lowest BCUT2D eigenvalue weighted by atomic mass is 9.81. The van der Waals surface area contributed by atoms with Gasteiger partial charge >= 0.3 is 12.1 Å². The van der Waals surface area contributed by atoms with Gasteiger partial charge in [0.25, 0.3) is 0 Å². The second-order valence-corrected chi connectivity index (χ2v) is 13.9. The van der Waals surface area contributed by atoms with Crippen LogP contribution in [0.4, 0.5) is 10.5 Å². The largest absolute Gasteiger partial charge is 0.465 e. The monoisotopic (exact) mass is 695 g/mol. The Bertz CT molecular complexity index is 1810. The fraction of sp³-hybridized carbons (Fsp3) is 0.395. The maximum absolute atomic E-state index is 13.7. The highest BCUT2D eigenvalue weighted by Gasteiger charge is 2.30. The first-order valence-electron chi connectivity index (χ1n) is 17.1. The quantitative estimate of drug-likeness (QED) is 0.145. The molecule has 3 amide bonds. The van der Waals surface area contributed by atoms with Crippen LogP contribution in [0.2, 0.25) is 0 Å². The number of hydrogen-bond acceptors (Lipinski definition) is 9. The van der Waals surface area contributed by atoms with Gasteiger partial charge in [-0.3, -0.25) is 9.59 Å². The fourth-order valence-electron chi connectivity index (χ4n) is 6.17. The van der Waals surface area contributed by atoms with Crippen LogP contribution in [-0.4, -0.2) is 69.8 Å². The van der Waals surface area contributed by atoms with Gasteiger partial charge in [-0.2, -0.15) is 5.21 Å². The molecular formula is C38H45N7O6. The van der Waals surface area contributed by atoms with Crippen LogP contribution in [0.1, 0.15) is 67.9 Å². The molecule has 4 aromatic rings. The molecule has 0 spiro atoms. The molecule has 0 aliphatic heterocycles.